The number of nitrogens with zero attached hydrogens (tertiary/aromatic N) is 1. The minimum absolute atomic E-state index is 0.507. The van der Waals surface area contributed by atoms with Crippen LogP contribution in [0.3, 0.4) is 0 Å². The van der Waals surface area contributed by atoms with Gasteiger partial charge in [-0.15, -0.1) is 0 Å². The van der Waals surface area contributed by atoms with Gasteiger partial charge in [0.25, 0.3) is 0 Å². The number of β-amino-alcohol motifs (C(OH)–C–C–N with tert-alkyl or cyclic N) is 1. The third-order valence-electron chi connectivity index (χ3n) is 2.93. The van der Waals surface area contributed by atoms with Crippen LogP contribution >= 0.6 is 0 Å². The second kappa shape index (κ2) is 5.55. The highest BCUT2D eigenvalue weighted by Gasteiger charge is 2.19. The molecular weight excluding hydrogens is 169 g/mol. The van der Waals surface area contributed by atoms with Crippen LogP contribution in [0.25, 0.3) is 0 Å². The van der Waals surface area contributed by atoms with Crippen molar-refractivity contribution in [2.45, 2.75) is 32.3 Å². The van der Waals surface area contributed by atoms with E-state index in [1.807, 2.05) is 0 Å². The molecule has 1 aliphatic heterocycles. The van der Waals surface area contributed by atoms with Crippen molar-refractivity contribution in [2.24, 2.45) is 5.92 Å². The van der Waals surface area contributed by atoms with E-state index in [2.05, 4.69) is 11.8 Å². The number of alkyl halides is 1. The molecule has 78 valence electrons. The van der Waals surface area contributed by atoms with Gasteiger partial charge in [0.15, 0.2) is 0 Å². The molecule has 0 aromatic rings. The van der Waals surface area contributed by atoms with Crippen molar-refractivity contribution in [3.63, 3.8) is 0 Å². The Kier molecular flexibility index (Phi) is 4.67. The monoisotopic (exact) mass is 189 g/mol. The van der Waals surface area contributed by atoms with Crippen molar-refractivity contribution in [3.8, 4) is 0 Å². The molecule has 1 unspecified atom stereocenters. The van der Waals surface area contributed by atoms with Crippen LogP contribution in [0, 0.1) is 5.92 Å². The fourth-order valence-corrected chi connectivity index (χ4v) is 1.92. The number of piperidine rings is 1. The second-order valence-electron chi connectivity index (χ2n) is 3.96. The molecule has 0 spiro atoms. The summed E-state index contributed by atoms with van der Waals surface area (Å²) in [6, 6.07) is 0. The van der Waals surface area contributed by atoms with Crippen molar-refractivity contribution in [1.29, 1.82) is 0 Å². The van der Waals surface area contributed by atoms with Crippen LogP contribution in [0.1, 0.15) is 26.2 Å². The third kappa shape index (κ3) is 3.61. The fraction of sp³-hybridized carbons (Fsp3) is 1.00. The van der Waals surface area contributed by atoms with Crippen LogP contribution in [0.5, 0.6) is 0 Å². The van der Waals surface area contributed by atoms with E-state index in [4.69, 9.17) is 5.11 Å². The minimum Gasteiger partial charge on any atom is -0.389 e. The molecule has 1 N–H and O–H groups in total. The first-order valence-corrected chi connectivity index (χ1v) is 5.22. The van der Waals surface area contributed by atoms with Crippen molar-refractivity contribution < 1.29 is 9.50 Å². The van der Waals surface area contributed by atoms with Gasteiger partial charge >= 0.3 is 0 Å². The Hall–Kier alpha value is -0.150. The minimum atomic E-state index is -0.779. The summed E-state index contributed by atoms with van der Waals surface area (Å²) in [4.78, 5) is 2.16. The van der Waals surface area contributed by atoms with Crippen molar-refractivity contribution in [3.05, 3.63) is 0 Å². The summed E-state index contributed by atoms with van der Waals surface area (Å²) >= 11 is 0. The highest BCUT2D eigenvalue weighted by molar-refractivity contribution is 4.73. The molecule has 1 saturated heterocycles. The zero-order valence-electron chi connectivity index (χ0n) is 8.38. The van der Waals surface area contributed by atoms with Crippen molar-refractivity contribution >= 4 is 0 Å². The van der Waals surface area contributed by atoms with Gasteiger partial charge in [0.05, 0.1) is 6.10 Å². The maximum atomic E-state index is 12.0. The van der Waals surface area contributed by atoms with E-state index >= 15 is 0 Å². The molecule has 0 amide bonds. The number of aliphatic hydroxyl groups excluding tert-OH is 1. The highest BCUT2D eigenvalue weighted by atomic mass is 19.1. The number of hydrogen-bond donors (Lipinski definition) is 1. The Morgan fingerprint density at radius 1 is 1.46 bits per heavy atom. The molecule has 0 aromatic carbocycles. The average molecular weight is 189 g/mol. The lowest BCUT2D eigenvalue weighted by atomic mass is 9.94. The molecular formula is C10H20FNO. The zero-order valence-corrected chi connectivity index (χ0v) is 8.38. The van der Waals surface area contributed by atoms with E-state index in [1.54, 1.807) is 0 Å². The summed E-state index contributed by atoms with van der Waals surface area (Å²) in [7, 11) is 0. The Balaban J connectivity index is 2.17. The molecule has 0 saturated carbocycles. The lowest BCUT2D eigenvalue weighted by Crippen LogP contribution is -2.39. The van der Waals surface area contributed by atoms with Crippen LogP contribution in [0.2, 0.25) is 0 Å². The molecule has 1 atom stereocenters. The second-order valence-corrected chi connectivity index (χ2v) is 3.96. The summed E-state index contributed by atoms with van der Waals surface area (Å²) in [6.45, 7) is 4.16. The van der Waals surface area contributed by atoms with Crippen LogP contribution in [-0.2, 0) is 0 Å². The van der Waals surface area contributed by atoms with Gasteiger partial charge in [-0.1, -0.05) is 13.3 Å². The maximum Gasteiger partial charge on any atom is 0.117 e. The number of aliphatic hydroxyl groups is 1. The molecule has 0 bridgehead atoms. The van der Waals surface area contributed by atoms with Crippen molar-refractivity contribution in [2.75, 3.05) is 26.3 Å². The molecule has 1 heterocycles. The largest absolute Gasteiger partial charge is 0.389 e. The summed E-state index contributed by atoms with van der Waals surface area (Å²) in [5, 5.41) is 9.12. The van der Waals surface area contributed by atoms with E-state index in [0.717, 1.165) is 19.0 Å². The molecule has 0 radical (unpaired) electrons. The van der Waals surface area contributed by atoms with Gasteiger partial charge in [-0.05, 0) is 31.8 Å². The van der Waals surface area contributed by atoms with Gasteiger partial charge in [-0.3, -0.25) is 0 Å². The lowest BCUT2D eigenvalue weighted by Gasteiger charge is -2.32. The third-order valence-corrected chi connectivity index (χ3v) is 2.93. The lowest BCUT2D eigenvalue weighted by molar-refractivity contribution is 0.0717. The first-order chi connectivity index (χ1) is 6.26. The van der Waals surface area contributed by atoms with Gasteiger partial charge < -0.3 is 10.0 Å². The Bertz CT molecular complexity index is 135. The first-order valence-electron chi connectivity index (χ1n) is 5.22. The van der Waals surface area contributed by atoms with E-state index in [0.29, 0.717) is 6.54 Å². The van der Waals surface area contributed by atoms with E-state index in [9.17, 15) is 4.39 Å². The summed E-state index contributed by atoms with van der Waals surface area (Å²) in [6.07, 6.45) is 2.88. The predicted molar refractivity (Wildman–Crippen MR) is 51.4 cm³/mol. The summed E-state index contributed by atoms with van der Waals surface area (Å²) in [5.41, 5.74) is 0. The Labute approximate surface area is 79.7 Å². The van der Waals surface area contributed by atoms with Gasteiger partial charge in [0, 0.05) is 6.54 Å². The van der Waals surface area contributed by atoms with Crippen LogP contribution in [0.4, 0.5) is 4.39 Å². The van der Waals surface area contributed by atoms with Crippen LogP contribution in [-0.4, -0.2) is 42.4 Å². The smallest absolute Gasteiger partial charge is 0.117 e. The highest BCUT2D eigenvalue weighted by Crippen LogP contribution is 2.19. The molecule has 1 rings (SSSR count). The average Bonchev–Trinajstić information content (AvgIpc) is 2.19. The molecule has 1 fully saturated rings. The van der Waals surface area contributed by atoms with Crippen LogP contribution in [0.15, 0.2) is 0 Å². The predicted octanol–water partition coefficient (Wildman–Crippen LogP) is 1.44. The molecule has 0 aromatic heterocycles. The Morgan fingerprint density at radius 2 is 2.08 bits per heavy atom. The summed E-state index contributed by atoms with van der Waals surface area (Å²) in [5.74, 6) is 0.846. The SMILES string of the molecule is CCC1CCN(CC(O)CF)CC1. The number of hydrogen-bond acceptors (Lipinski definition) is 2. The topological polar surface area (TPSA) is 23.5 Å². The van der Waals surface area contributed by atoms with Gasteiger partial charge in [-0.2, -0.15) is 0 Å². The van der Waals surface area contributed by atoms with Crippen molar-refractivity contribution in [1.82, 2.24) is 4.90 Å². The standard InChI is InChI=1S/C10H20FNO/c1-2-9-3-5-12(6-4-9)8-10(13)7-11/h9-10,13H,2-8H2,1H3. The Morgan fingerprint density at radius 3 is 2.54 bits per heavy atom. The van der Waals surface area contributed by atoms with Crippen LogP contribution < -0.4 is 0 Å². The molecule has 0 aliphatic carbocycles. The van der Waals surface area contributed by atoms with E-state index in [1.165, 1.54) is 19.3 Å². The van der Waals surface area contributed by atoms with Gasteiger partial charge in [0.2, 0.25) is 0 Å². The summed E-state index contributed by atoms with van der Waals surface area (Å²) < 4.78 is 12.0. The van der Waals surface area contributed by atoms with Gasteiger partial charge in [0.1, 0.15) is 6.67 Å². The van der Waals surface area contributed by atoms with E-state index in [-0.39, 0.29) is 0 Å². The molecule has 1 aliphatic rings. The molecule has 13 heavy (non-hydrogen) atoms. The zero-order chi connectivity index (χ0) is 9.68. The normalized spacial score (nSPS) is 23.3. The van der Waals surface area contributed by atoms with Gasteiger partial charge in [-0.25, -0.2) is 4.39 Å². The first kappa shape index (κ1) is 10.9. The molecule has 3 heteroatoms. The fourth-order valence-electron chi connectivity index (χ4n) is 1.92. The van der Waals surface area contributed by atoms with E-state index < -0.39 is 12.8 Å². The number of halogens is 1. The molecule has 2 nitrogen and oxygen atoms in total. The number of rotatable bonds is 4. The quantitative estimate of drug-likeness (QED) is 0.723. The maximum absolute atomic E-state index is 12.0. The number of likely N-dealkylation sites (tertiary alicyclic amines) is 1.